The van der Waals surface area contributed by atoms with Crippen LogP contribution in [0.3, 0.4) is 0 Å². The van der Waals surface area contributed by atoms with E-state index in [0.717, 1.165) is 6.54 Å². The normalized spacial score (nSPS) is 10.9. The first-order valence-electron chi connectivity index (χ1n) is 5.31. The summed E-state index contributed by atoms with van der Waals surface area (Å²) >= 11 is 1.74. The van der Waals surface area contributed by atoms with Gasteiger partial charge in [0.2, 0.25) is 0 Å². The van der Waals surface area contributed by atoms with E-state index in [0.29, 0.717) is 13.2 Å². The Morgan fingerprint density at radius 2 is 2.44 bits per heavy atom. The van der Waals surface area contributed by atoms with Gasteiger partial charge in [-0.3, -0.25) is 0 Å². The number of aryl methyl sites for hydroxylation is 1. The lowest BCUT2D eigenvalue weighted by molar-refractivity contribution is -0.137. The molecule has 0 aliphatic rings. The Morgan fingerprint density at radius 1 is 1.62 bits per heavy atom. The number of nitrogens with one attached hydrogen (secondary N) is 1. The van der Waals surface area contributed by atoms with Crippen LogP contribution in [0.25, 0.3) is 0 Å². The van der Waals surface area contributed by atoms with Gasteiger partial charge < -0.3 is 10.1 Å². The first kappa shape index (κ1) is 12.9. The fourth-order valence-electron chi connectivity index (χ4n) is 1.20. The highest BCUT2D eigenvalue weighted by Gasteiger charge is 1.97. The molecule has 0 bridgehead atoms. The summed E-state index contributed by atoms with van der Waals surface area (Å²) in [7, 11) is 0. The van der Waals surface area contributed by atoms with Crippen molar-refractivity contribution in [3.05, 3.63) is 34.0 Å². The summed E-state index contributed by atoms with van der Waals surface area (Å²) in [6.07, 6.45) is 3.23. The molecule has 0 spiro atoms. The van der Waals surface area contributed by atoms with E-state index in [1.165, 1.54) is 16.5 Å². The average Bonchev–Trinajstić information content (AvgIpc) is 2.64. The van der Waals surface area contributed by atoms with Crippen molar-refractivity contribution in [2.45, 2.75) is 20.4 Å². The molecule has 0 aromatic carbocycles. The molecule has 3 nitrogen and oxygen atoms in total. The summed E-state index contributed by atoms with van der Waals surface area (Å²) in [6.45, 7) is 5.84. The third kappa shape index (κ3) is 4.59. The van der Waals surface area contributed by atoms with Gasteiger partial charge in [0.25, 0.3) is 0 Å². The average molecular weight is 239 g/mol. The molecule has 1 N–H and O–H groups in total. The molecular formula is C12H17NO2S. The number of carbonyl (C=O) groups excluding carboxylic acids is 1. The van der Waals surface area contributed by atoms with Crippen molar-refractivity contribution in [1.82, 2.24) is 5.32 Å². The molecule has 0 aliphatic heterocycles. The van der Waals surface area contributed by atoms with E-state index in [9.17, 15) is 4.79 Å². The van der Waals surface area contributed by atoms with Crippen LogP contribution < -0.4 is 5.32 Å². The highest BCUT2D eigenvalue weighted by Crippen LogP contribution is 2.14. The molecule has 0 saturated heterocycles. The van der Waals surface area contributed by atoms with Gasteiger partial charge in [-0.2, -0.15) is 0 Å². The second kappa shape index (κ2) is 7.19. The van der Waals surface area contributed by atoms with Gasteiger partial charge in [-0.05, 0) is 30.9 Å². The van der Waals surface area contributed by atoms with Gasteiger partial charge >= 0.3 is 5.97 Å². The minimum Gasteiger partial charge on any atom is -0.463 e. The van der Waals surface area contributed by atoms with Crippen LogP contribution in [0.15, 0.2) is 23.6 Å². The van der Waals surface area contributed by atoms with E-state index >= 15 is 0 Å². The number of esters is 1. The monoisotopic (exact) mass is 239 g/mol. The number of carbonyl (C=O) groups is 1. The predicted octanol–water partition coefficient (Wildman–Crippen LogP) is 2.27. The van der Waals surface area contributed by atoms with Gasteiger partial charge in [-0.25, -0.2) is 4.79 Å². The van der Waals surface area contributed by atoms with Crippen molar-refractivity contribution in [1.29, 1.82) is 0 Å². The molecule has 4 heteroatoms. The van der Waals surface area contributed by atoms with Crippen LogP contribution in [0.4, 0.5) is 0 Å². The quantitative estimate of drug-likeness (QED) is 0.470. The third-order valence-corrected chi connectivity index (χ3v) is 3.08. The lowest BCUT2D eigenvalue weighted by Gasteiger charge is -2.00. The maximum Gasteiger partial charge on any atom is 0.330 e. The minimum absolute atomic E-state index is 0.281. The van der Waals surface area contributed by atoms with Gasteiger partial charge in [0.1, 0.15) is 0 Å². The molecule has 0 fully saturated rings. The van der Waals surface area contributed by atoms with E-state index in [-0.39, 0.29) is 5.97 Å². The first-order chi connectivity index (χ1) is 7.74. The maximum atomic E-state index is 11.0. The van der Waals surface area contributed by atoms with Crippen LogP contribution in [0, 0.1) is 6.92 Å². The molecular weight excluding hydrogens is 222 g/mol. The topological polar surface area (TPSA) is 38.3 Å². The molecule has 1 aromatic rings. The standard InChI is InChI=1S/C12H17NO2S/c1-3-15-12(14)5-4-7-13-9-11-10(2)6-8-16-11/h4-6,8,13H,3,7,9H2,1-2H3/b5-4+. The lowest BCUT2D eigenvalue weighted by atomic mass is 10.3. The summed E-state index contributed by atoms with van der Waals surface area (Å²) in [4.78, 5) is 12.3. The number of thiophene rings is 1. The van der Waals surface area contributed by atoms with Crippen molar-refractivity contribution in [2.75, 3.05) is 13.2 Å². The van der Waals surface area contributed by atoms with Crippen molar-refractivity contribution < 1.29 is 9.53 Å². The van der Waals surface area contributed by atoms with Crippen molar-refractivity contribution in [2.24, 2.45) is 0 Å². The molecule has 0 radical (unpaired) electrons. The summed E-state index contributed by atoms with van der Waals surface area (Å²) in [5.41, 5.74) is 1.31. The lowest BCUT2D eigenvalue weighted by Crippen LogP contribution is -2.13. The Hall–Kier alpha value is -1.13. The summed E-state index contributed by atoms with van der Waals surface area (Å²) in [5, 5.41) is 5.33. The maximum absolute atomic E-state index is 11.0. The zero-order valence-corrected chi connectivity index (χ0v) is 10.5. The number of hydrogen-bond acceptors (Lipinski definition) is 4. The Kier molecular flexibility index (Phi) is 5.82. The fraction of sp³-hybridized carbons (Fsp3) is 0.417. The second-order valence-electron chi connectivity index (χ2n) is 3.31. The summed E-state index contributed by atoms with van der Waals surface area (Å²) in [5.74, 6) is -0.281. The van der Waals surface area contributed by atoms with Crippen LogP contribution in [-0.2, 0) is 16.1 Å². The predicted molar refractivity (Wildman–Crippen MR) is 66.5 cm³/mol. The SMILES string of the molecule is CCOC(=O)/C=C/CNCc1sccc1C. The molecule has 0 saturated carbocycles. The number of ether oxygens (including phenoxy) is 1. The Bertz CT molecular complexity index is 358. The van der Waals surface area contributed by atoms with Gasteiger partial charge in [0.05, 0.1) is 6.61 Å². The molecule has 1 aromatic heterocycles. The van der Waals surface area contributed by atoms with E-state index in [2.05, 4.69) is 23.7 Å². The number of rotatable bonds is 6. The molecule has 0 aliphatic carbocycles. The van der Waals surface area contributed by atoms with Crippen LogP contribution in [0.2, 0.25) is 0 Å². The second-order valence-corrected chi connectivity index (χ2v) is 4.31. The largest absolute Gasteiger partial charge is 0.463 e. The van der Waals surface area contributed by atoms with E-state index in [4.69, 9.17) is 4.74 Å². The van der Waals surface area contributed by atoms with Crippen LogP contribution >= 0.6 is 11.3 Å². The third-order valence-electron chi connectivity index (χ3n) is 2.06. The van der Waals surface area contributed by atoms with Crippen molar-refractivity contribution in [3.8, 4) is 0 Å². The minimum atomic E-state index is -0.281. The molecule has 0 atom stereocenters. The van der Waals surface area contributed by atoms with E-state index in [1.807, 2.05) is 0 Å². The Labute approximate surface area is 100 Å². The highest BCUT2D eigenvalue weighted by atomic mass is 32.1. The molecule has 1 heterocycles. The first-order valence-corrected chi connectivity index (χ1v) is 6.19. The number of hydrogen-bond donors (Lipinski definition) is 1. The summed E-state index contributed by atoms with van der Waals surface area (Å²) < 4.78 is 4.76. The van der Waals surface area contributed by atoms with E-state index in [1.54, 1.807) is 24.3 Å². The van der Waals surface area contributed by atoms with Crippen LogP contribution in [0.1, 0.15) is 17.4 Å². The Balaban J connectivity index is 2.17. The van der Waals surface area contributed by atoms with Gasteiger partial charge in [-0.1, -0.05) is 6.08 Å². The van der Waals surface area contributed by atoms with E-state index < -0.39 is 0 Å². The molecule has 0 amide bonds. The fourth-order valence-corrected chi connectivity index (χ4v) is 2.08. The van der Waals surface area contributed by atoms with Gasteiger partial charge in [0.15, 0.2) is 0 Å². The van der Waals surface area contributed by atoms with Crippen LogP contribution in [0.5, 0.6) is 0 Å². The zero-order valence-electron chi connectivity index (χ0n) is 9.66. The van der Waals surface area contributed by atoms with Crippen LogP contribution in [-0.4, -0.2) is 19.1 Å². The zero-order chi connectivity index (χ0) is 11.8. The van der Waals surface area contributed by atoms with Crippen molar-refractivity contribution >= 4 is 17.3 Å². The highest BCUT2D eigenvalue weighted by molar-refractivity contribution is 7.10. The van der Waals surface area contributed by atoms with Crippen molar-refractivity contribution in [3.63, 3.8) is 0 Å². The molecule has 88 valence electrons. The van der Waals surface area contributed by atoms with Gasteiger partial charge in [0, 0.05) is 24.0 Å². The Morgan fingerprint density at radius 3 is 3.06 bits per heavy atom. The molecule has 1 rings (SSSR count). The molecule has 0 unspecified atom stereocenters. The summed E-state index contributed by atoms with van der Waals surface area (Å²) in [6, 6.07) is 2.11. The van der Waals surface area contributed by atoms with Gasteiger partial charge in [-0.15, -0.1) is 11.3 Å². The smallest absolute Gasteiger partial charge is 0.330 e. The molecule has 16 heavy (non-hydrogen) atoms.